The van der Waals surface area contributed by atoms with Crippen molar-refractivity contribution in [3.05, 3.63) is 70.4 Å². The molecule has 0 bridgehead atoms. The van der Waals surface area contributed by atoms with Crippen molar-refractivity contribution < 1.29 is 13.7 Å². The van der Waals surface area contributed by atoms with Crippen LogP contribution < -0.4 is 11.0 Å². The molecule has 0 atom stereocenters. The molecule has 1 saturated heterocycles. The minimum absolute atomic E-state index is 0.0547. The van der Waals surface area contributed by atoms with Gasteiger partial charge in [0.2, 0.25) is 0 Å². The first-order chi connectivity index (χ1) is 13.2. The van der Waals surface area contributed by atoms with Gasteiger partial charge in [0.15, 0.2) is 0 Å². The highest BCUT2D eigenvalue weighted by atomic mass is 19.1. The van der Waals surface area contributed by atoms with E-state index in [-0.39, 0.29) is 12.1 Å². The highest BCUT2D eigenvalue weighted by molar-refractivity contribution is 6.62. The summed E-state index contributed by atoms with van der Waals surface area (Å²) in [7, 11) is -0.630. The van der Waals surface area contributed by atoms with Crippen molar-refractivity contribution in [1.82, 2.24) is 9.78 Å². The Labute approximate surface area is 163 Å². The van der Waals surface area contributed by atoms with Crippen LogP contribution in [0.15, 0.2) is 53.5 Å². The molecule has 0 saturated carbocycles. The van der Waals surface area contributed by atoms with Gasteiger partial charge in [-0.15, -0.1) is 0 Å². The Morgan fingerprint density at radius 2 is 1.75 bits per heavy atom. The van der Waals surface area contributed by atoms with Crippen LogP contribution in [0.2, 0.25) is 0 Å². The molecule has 1 aliphatic rings. The molecule has 3 aromatic rings. The molecule has 144 valence electrons. The molecule has 0 unspecified atom stereocenters. The topological polar surface area (TPSA) is 53.4 Å². The molecule has 0 spiro atoms. The molecule has 2 heterocycles. The van der Waals surface area contributed by atoms with Gasteiger partial charge in [0, 0.05) is 10.9 Å². The lowest BCUT2D eigenvalue weighted by Crippen LogP contribution is -2.41. The maximum absolute atomic E-state index is 14.8. The average molecular weight is 380 g/mol. The second kappa shape index (κ2) is 6.53. The van der Waals surface area contributed by atoms with Gasteiger partial charge >= 0.3 is 7.12 Å². The predicted molar refractivity (Wildman–Crippen MR) is 107 cm³/mol. The van der Waals surface area contributed by atoms with Crippen molar-refractivity contribution in [3.63, 3.8) is 0 Å². The molecular weight excluding hydrogens is 358 g/mol. The van der Waals surface area contributed by atoms with Crippen LogP contribution in [0.3, 0.4) is 0 Å². The zero-order valence-corrected chi connectivity index (χ0v) is 16.4. The van der Waals surface area contributed by atoms with E-state index < -0.39 is 24.1 Å². The van der Waals surface area contributed by atoms with Gasteiger partial charge in [-0.1, -0.05) is 30.3 Å². The Bertz CT molecular complexity index is 1090. The molecule has 0 N–H and O–H groups in total. The lowest BCUT2D eigenvalue weighted by molar-refractivity contribution is 0.00578. The third kappa shape index (κ3) is 3.14. The summed E-state index contributed by atoms with van der Waals surface area (Å²) in [6.45, 7) is 7.87. The summed E-state index contributed by atoms with van der Waals surface area (Å²) in [6.07, 6.45) is 1.62. The monoisotopic (exact) mass is 380 g/mol. The van der Waals surface area contributed by atoms with Crippen LogP contribution in [-0.4, -0.2) is 28.1 Å². The van der Waals surface area contributed by atoms with E-state index in [9.17, 15) is 9.18 Å². The maximum Gasteiger partial charge on any atom is 0.494 e. The minimum Gasteiger partial charge on any atom is -0.399 e. The van der Waals surface area contributed by atoms with Gasteiger partial charge in [-0.2, -0.15) is 5.10 Å². The number of rotatable bonds is 3. The van der Waals surface area contributed by atoms with Gasteiger partial charge in [-0.3, -0.25) is 4.79 Å². The highest BCUT2D eigenvalue weighted by Gasteiger charge is 2.51. The van der Waals surface area contributed by atoms with Crippen LogP contribution in [0.25, 0.3) is 10.8 Å². The van der Waals surface area contributed by atoms with E-state index >= 15 is 0 Å². The summed E-state index contributed by atoms with van der Waals surface area (Å²) in [4.78, 5) is 12.6. The molecule has 5 nitrogen and oxygen atoms in total. The molecule has 1 aliphatic heterocycles. The second-order valence-corrected chi connectivity index (χ2v) is 8.13. The van der Waals surface area contributed by atoms with E-state index in [0.29, 0.717) is 16.4 Å². The van der Waals surface area contributed by atoms with Crippen LogP contribution in [0.5, 0.6) is 0 Å². The maximum atomic E-state index is 14.8. The van der Waals surface area contributed by atoms with Crippen molar-refractivity contribution in [2.24, 2.45) is 0 Å². The molecule has 7 heteroatoms. The van der Waals surface area contributed by atoms with Crippen LogP contribution in [0.4, 0.5) is 4.39 Å². The lowest BCUT2D eigenvalue weighted by atomic mass is 9.78. The number of halogens is 1. The first-order valence-corrected chi connectivity index (χ1v) is 9.27. The van der Waals surface area contributed by atoms with Crippen molar-refractivity contribution in [1.29, 1.82) is 0 Å². The third-order valence-corrected chi connectivity index (χ3v) is 5.68. The third-order valence-electron chi connectivity index (χ3n) is 5.68. The van der Waals surface area contributed by atoms with Crippen LogP contribution in [0, 0.1) is 5.82 Å². The standard InChI is InChI=1S/C21H22BFN2O3/c1-20(2)21(3,4)28-22(27-20)16-10-9-15(18(23)11-16)13-25-19(26)17-8-6-5-7-14(17)12-24-25/h5-12H,13H2,1-4H3. The number of benzene rings is 2. The summed E-state index contributed by atoms with van der Waals surface area (Å²) in [5.74, 6) is -0.422. The molecular formula is C21H22BFN2O3. The molecule has 1 fully saturated rings. The van der Waals surface area contributed by atoms with E-state index in [1.165, 1.54) is 10.7 Å². The number of aromatic nitrogens is 2. The van der Waals surface area contributed by atoms with E-state index in [2.05, 4.69) is 5.10 Å². The van der Waals surface area contributed by atoms with E-state index in [4.69, 9.17) is 9.31 Å². The van der Waals surface area contributed by atoms with Gasteiger partial charge in [0.05, 0.1) is 29.3 Å². The zero-order chi connectivity index (χ0) is 20.1. The number of fused-ring (bicyclic) bond motifs is 1. The zero-order valence-electron chi connectivity index (χ0n) is 16.4. The fourth-order valence-corrected chi connectivity index (χ4v) is 3.22. The Kier molecular flexibility index (Phi) is 4.40. The molecule has 28 heavy (non-hydrogen) atoms. The smallest absolute Gasteiger partial charge is 0.399 e. The SMILES string of the molecule is CC1(C)OB(c2ccc(Cn3ncc4ccccc4c3=O)c(F)c2)OC1(C)C. The normalized spacial score (nSPS) is 18.0. The van der Waals surface area contributed by atoms with Crippen LogP contribution in [-0.2, 0) is 15.9 Å². The average Bonchev–Trinajstić information content (AvgIpc) is 2.86. The first-order valence-electron chi connectivity index (χ1n) is 9.27. The van der Waals surface area contributed by atoms with E-state index in [1.54, 1.807) is 30.5 Å². The van der Waals surface area contributed by atoms with Crippen molar-refractivity contribution in [2.45, 2.75) is 45.4 Å². The largest absolute Gasteiger partial charge is 0.494 e. The summed E-state index contributed by atoms with van der Waals surface area (Å²) < 4.78 is 28.0. The van der Waals surface area contributed by atoms with Crippen molar-refractivity contribution in [2.75, 3.05) is 0 Å². The highest BCUT2D eigenvalue weighted by Crippen LogP contribution is 2.36. The van der Waals surface area contributed by atoms with Crippen molar-refractivity contribution >= 4 is 23.4 Å². The van der Waals surface area contributed by atoms with E-state index in [1.807, 2.05) is 39.8 Å². The molecule has 1 aromatic heterocycles. The predicted octanol–water partition coefficient (Wildman–Crippen LogP) is 2.88. The summed E-state index contributed by atoms with van der Waals surface area (Å²) in [6, 6.07) is 12.0. The van der Waals surface area contributed by atoms with Gasteiger partial charge in [-0.25, -0.2) is 9.07 Å². The second-order valence-electron chi connectivity index (χ2n) is 8.13. The molecule has 0 amide bonds. The summed E-state index contributed by atoms with van der Waals surface area (Å²) >= 11 is 0. The Morgan fingerprint density at radius 3 is 2.43 bits per heavy atom. The fourth-order valence-electron chi connectivity index (χ4n) is 3.22. The Hall–Kier alpha value is -2.51. The van der Waals surface area contributed by atoms with Crippen molar-refractivity contribution in [3.8, 4) is 0 Å². The number of nitrogens with zero attached hydrogens (tertiary/aromatic N) is 2. The Morgan fingerprint density at radius 1 is 1.07 bits per heavy atom. The van der Waals surface area contributed by atoms with Gasteiger partial charge < -0.3 is 9.31 Å². The molecule has 0 radical (unpaired) electrons. The van der Waals surface area contributed by atoms with Crippen LogP contribution in [0.1, 0.15) is 33.3 Å². The van der Waals surface area contributed by atoms with E-state index in [0.717, 1.165) is 5.39 Å². The summed E-state index contributed by atoms with van der Waals surface area (Å²) in [5.41, 5.74) is -0.235. The lowest BCUT2D eigenvalue weighted by Gasteiger charge is -2.32. The quantitative estimate of drug-likeness (QED) is 0.656. The van der Waals surface area contributed by atoms with Gasteiger partial charge in [0.1, 0.15) is 5.82 Å². The molecule has 2 aromatic carbocycles. The molecule has 4 rings (SSSR count). The molecule has 0 aliphatic carbocycles. The number of hydrogen-bond donors (Lipinski definition) is 0. The fraction of sp³-hybridized carbons (Fsp3) is 0.333. The first kappa shape index (κ1) is 18.8. The van der Waals surface area contributed by atoms with Gasteiger partial charge in [-0.05, 0) is 45.3 Å². The number of hydrogen-bond acceptors (Lipinski definition) is 4. The Balaban J connectivity index is 1.61. The minimum atomic E-state index is -0.630. The van der Waals surface area contributed by atoms with Crippen LogP contribution >= 0.6 is 0 Å². The summed E-state index contributed by atoms with van der Waals surface area (Å²) in [5, 5.41) is 5.49. The van der Waals surface area contributed by atoms with Gasteiger partial charge in [0.25, 0.3) is 5.56 Å².